The number of Topliss-reactive ketones (excluding diaryl/α,β-unsaturated/α-hetero) is 1. The van der Waals surface area contributed by atoms with Gasteiger partial charge in [-0.1, -0.05) is 0 Å². The topological polar surface area (TPSA) is 63.4 Å². The molecule has 0 aliphatic carbocycles. The van der Waals surface area contributed by atoms with Crippen LogP contribution in [0, 0.1) is 5.92 Å². The van der Waals surface area contributed by atoms with E-state index < -0.39 is 0 Å². The number of nitrogens with two attached hydrogens (primary N) is 1. The molecular weight excluding hydrogens is 216 g/mol. The Balaban J connectivity index is 2.29. The molecule has 1 heterocycles. The molecule has 2 unspecified atom stereocenters. The van der Waals surface area contributed by atoms with Gasteiger partial charge in [0.1, 0.15) is 5.78 Å². The first-order valence-electron chi connectivity index (χ1n) is 6.53. The minimum absolute atomic E-state index is 0.0130. The van der Waals surface area contributed by atoms with Crippen molar-refractivity contribution >= 4 is 11.7 Å². The van der Waals surface area contributed by atoms with Crippen molar-refractivity contribution in [1.29, 1.82) is 0 Å². The Labute approximate surface area is 104 Å². The van der Waals surface area contributed by atoms with Crippen molar-refractivity contribution in [2.24, 2.45) is 11.7 Å². The van der Waals surface area contributed by atoms with Gasteiger partial charge < -0.3 is 10.5 Å². The Morgan fingerprint density at radius 2 is 2.00 bits per heavy atom. The molecule has 0 radical (unpaired) electrons. The average Bonchev–Trinajstić information content (AvgIpc) is 2.25. The average molecular weight is 240 g/mol. The van der Waals surface area contributed by atoms with E-state index in [1.54, 1.807) is 6.92 Å². The third-order valence-corrected chi connectivity index (χ3v) is 3.64. The number of primary amides is 1. The quantitative estimate of drug-likeness (QED) is 0.712. The SMILES string of the molecule is CC(=O)CCCCN1CC(C(N)=O)CCC1C. The van der Waals surface area contributed by atoms with Gasteiger partial charge in [0.25, 0.3) is 0 Å². The van der Waals surface area contributed by atoms with Crippen LogP contribution in [0.3, 0.4) is 0 Å². The highest BCUT2D eigenvalue weighted by Gasteiger charge is 2.27. The van der Waals surface area contributed by atoms with Crippen LogP contribution in [0.15, 0.2) is 0 Å². The smallest absolute Gasteiger partial charge is 0.221 e. The van der Waals surface area contributed by atoms with E-state index in [0.29, 0.717) is 12.5 Å². The van der Waals surface area contributed by atoms with Crippen LogP contribution < -0.4 is 5.73 Å². The van der Waals surface area contributed by atoms with Gasteiger partial charge in [-0.05, 0) is 46.1 Å². The third kappa shape index (κ3) is 4.86. The van der Waals surface area contributed by atoms with Crippen LogP contribution >= 0.6 is 0 Å². The van der Waals surface area contributed by atoms with E-state index in [1.807, 2.05) is 0 Å². The van der Waals surface area contributed by atoms with E-state index in [9.17, 15) is 9.59 Å². The summed E-state index contributed by atoms with van der Waals surface area (Å²) in [4.78, 5) is 24.3. The van der Waals surface area contributed by atoms with E-state index in [2.05, 4.69) is 11.8 Å². The number of ketones is 1. The zero-order chi connectivity index (χ0) is 12.8. The van der Waals surface area contributed by atoms with Crippen LogP contribution in [0.4, 0.5) is 0 Å². The second-order valence-corrected chi connectivity index (χ2v) is 5.18. The molecule has 0 aromatic rings. The highest BCUT2D eigenvalue weighted by atomic mass is 16.1. The van der Waals surface area contributed by atoms with Gasteiger partial charge in [0.2, 0.25) is 5.91 Å². The largest absolute Gasteiger partial charge is 0.369 e. The molecule has 1 amide bonds. The predicted octanol–water partition coefficient (Wildman–Crippen LogP) is 1.33. The van der Waals surface area contributed by atoms with Crippen molar-refractivity contribution in [2.75, 3.05) is 13.1 Å². The maximum Gasteiger partial charge on any atom is 0.221 e. The summed E-state index contributed by atoms with van der Waals surface area (Å²) in [5.41, 5.74) is 5.36. The number of likely N-dealkylation sites (tertiary alicyclic amines) is 1. The molecule has 1 aliphatic rings. The fraction of sp³-hybridized carbons (Fsp3) is 0.846. The number of carbonyl (C=O) groups excluding carboxylic acids is 2. The normalized spacial score (nSPS) is 25.8. The lowest BCUT2D eigenvalue weighted by Gasteiger charge is -2.36. The van der Waals surface area contributed by atoms with Crippen LogP contribution in [0.2, 0.25) is 0 Å². The Morgan fingerprint density at radius 3 is 2.59 bits per heavy atom. The molecule has 0 saturated carbocycles. The van der Waals surface area contributed by atoms with Crippen molar-refractivity contribution in [3.05, 3.63) is 0 Å². The number of amides is 1. The Bertz CT molecular complexity index is 279. The molecule has 1 aliphatic heterocycles. The monoisotopic (exact) mass is 240 g/mol. The van der Waals surface area contributed by atoms with E-state index in [0.717, 1.165) is 38.8 Å². The number of carbonyl (C=O) groups is 2. The lowest BCUT2D eigenvalue weighted by molar-refractivity contribution is -0.124. The Morgan fingerprint density at radius 1 is 1.29 bits per heavy atom. The predicted molar refractivity (Wildman–Crippen MR) is 67.5 cm³/mol. The molecule has 0 aromatic carbocycles. The van der Waals surface area contributed by atoms with Gasteiger partial charge in [-0.3, -0.25) is 9.69 Å². The maximum atomic E-state index is 11.2. The van der Waals surface area contributed by atoms with Gasteiger partial charge in [0.15, 0.2) is 0 Å². The van der Waals surface area contributed by atoms with Crippen molar-refractivity contribution in [1.82, 2.24) is 4.90 Å². The summed E-state index contributed by atoms with van der Waals surface area (Å²) in [5, 5.41) is 0. The summed E-state index contributed by atoms with van der Waals surface area (Å²) in [6, 6.07) is 0.530. The van der Waals surface area contributed by atoms with Crippen LogP contribution in [0.1, 0.15) is 46.0 Å². The molecule has 0 spiro atoms. The summed E-state index contributed by atoms with van der Waals surface area (Å²) < 4.78 is 0. The van der Waals surface area contributed by atoms with Crippen LogP contribution in [-0.2, 0) is 9.59 Å². The summed E-state index contributed by atoms with van der Waals surface area (Å²) >= 11 is 0. The van der Waals surface area contributed by atoms with E-state index in [4.69, 9.17) is 5.73 Å². The van der Waals surface area contributed by atoms with Crippen molar-refractivity contribution < 1.29 is 9.59 Å². The summed E-state index contributed by atoms with van der Waals surface area (Å²) in [6.07, 6.45) is 4.59. The minimum atomic E-state index is -0.175. The molecule has 1 saturated heterocycles. The van der Waals surface area contributed by atoms with Crippen molar-refractivity contribution in [3.63, 3.8) is 0 Å². The number of hydrogen-bond donors (Lipinski definition) is 1. The molecular formula is C13H24N2O2. The van der Waals surface area contributed by atoms with Gasteiger partial charge >= 0.3 is 0 Å². The lowest BCUT2D eigenvalue weighted by atomic mass is 9.92. The molecule has 0 bridgehead atoms. The summed E-state index contributed by atoms with van der Waals surface area (Å²) in [6.45, 7) is 5.59. The summed E-state index contributed by atoms with van der Waals surface area (Å²) in [5.74, 6) is 0.0938. The van der Waals surface area contributed by atoms with E-state index in [1.165, 1.54) is 0 Å². The number of unbranched alkanes of at least 4 members (excludes halogenated alkanes) is 1. The maximum absolute atomic E-state index is 11.2. The zero-order valence-corrected chi connectivity index (χ0v) is 10.9. The van der Waals surface area contributed by atoms with Crippen molar-refractivity contribution in [3.8, 4) is 0 Å². The molecule has 0 aromatic heterocycles. The van der Waals surface area contributed by atoms with E-state index in [-0.39, 0.29) is 17.6 Å². The van der Waals surface area contributed by atoms with Gasteiger partial charge in [-0.2, -0.15) is 0 Å². The molecule has 2 N–H and O–H groups in total. The first kappa shape index (κ1) is 14.2. The molecule has 98 valence electrons. The van der Waals surface area contributed by atoms with Gasteiger partial charge in [0.05, 0.1) is 5.92 Å². The lowest BCUT2D eigenvalue weighted by Crippen LogP contribution is -2.46. The third-order valence-electron chi connectivity index (χ3n) is 3.64. The second kappa shape index (κ2) is 6.74. The Hall–Kier alpha value is -0.900. The molecule has 4 nitrogen and oxygen atoms in total. The molecule has 17 heavy (non-hydrogen) atoms. The molecule has 2 atom stereocenters. The Kier molecular flexibility index (Phi) is 5.62. The standard InChI is InChI=1S/C13H24N2O2/c1-10-6-7-12(13(14)17)9-15(10)8-4-3-5-11(2)16/h10,12H,3-9H2,1-2H3,(H2,14,17). The highest BCUT2D eigenvalue weighted by molar-refractivity contribution is 5.77. The van der Waals surface area contributed by atoms with Crippen molar-refractivity contribution in [2.45, 2.75) is 52.0 Å². The number of rotatable bonds is 6. The minimum Gasteiger partial charge on any atom is -0.369 e. The van der Waals surface area contributed by atoms with Gasteiger partial charge in [-0.25, -0.2) is 0 Å². The number of nitrogens with zero attached hydrogens (tertiary/aromatic N) is 1. The fourth-order valence-electron chi connectivity index (χ4n) is 2.41. The van der Waals surface area contributed by atoms with Crippen LogP contribution in [0.25, 0.3) is 0 Å². The summed E-state index contributed by atoms with van der Waals surface area (Å²) in [7, 11) is 0. The molecule has 1 fully saturated rings. The first-order valence-corrected chi connectivity index (χ1v) is 6.53. The highest BCUT2D eigenvalue weighted by Crippen LogP contribution is 2.22. The van der Waals surface area contributed by atoms with Gasteiger partial charge in [0, 0.05) is 19.0 Å². The second-order valence-electron chi connectivity index (χ2n) is 5.18. The number of hydrogen-bond acceptors (Lipinski definition) is 3. The molecule has 1 rings (SSSR count). The molecule has 4 heteroatoms. The first-order chi connectivity index (χ1) is 8.00. The van der Waals surface area contributed by atoms with Crippen LogP contribution in [0.5, 0.6) is 0 Å². The van der Waals surface area contributed by atoms with Gasteiger partial charge in [-0.15, -0.1) is 0 Å². The zero-order valence-electron chi connectivity index (χ0n) is 10.9. The van der Waals surface area contributed by atoms with E-state index >= 15 is 0 Å². The number of piperidine rings is 1. The van der Waals surface area contributed by atoms with Crippen LogP contribution in [-0.4, -0.2) is 35.7 Å². The fourth-order valence-corrected chi connectivity index (χ4v) is 2.41.